The van der Waals surface area contributed by atoms with Crippen LogP contribution in [-0.2, 0) is 0 Å². The molecular weight excluding hydrogens is 146 g/mol. The molecule has 0 aromatic carbocycles. The number of allylic oxidation sites excluding steroid dienone is 1. The quantitative estimate of drug-likeness (QED) is 0.682. The Labute approximate surface area is 77.2 Å². The third-order valence-corrected chi connectivity index (χ3v) is 2.36. The predicted octanol–water partition coefficient (Wildman–Crippen LogP) is 3.47. The molecule has 0 radical (unpaired) electrons. The second kappa shape index (κ2) is 5.23. The maximum atomic E-state index is 3.93. The van der Waals surface area contributed by atoms with Crippen LogP contribution in [0.4, 0.5) is 0 Å². The van der Waals surface area contributed by atoms with E-state index in [1.54, 1.807) is 0 Å². The lowest BCUT2D eigenvalue weighted by Crippen LogP contribution is -2.47. The van der Waals surface area contributed by atoms with Gasteiger partial charge in [-0.05, 0) is 32.6 Å². The third kappa shape index (κ3) is 3.29. The van der Waals surface area contributed by atoms with Gasteiger partial charge in [0.1, 0.15) is 0 Å². The summed E-state index contributed by atoms with van der Waals surface area (Å²) in [5, 5.41) is 3.45. The maximum Gasteiger partial charge on any atom is 0.0342 e. The van der Waals surface area contributed by atoms with Gasteiger partial charge in [0, 0.05) is 11.2 Å². The van der Waals surface area contributed by atoms with Gasteiger partial charge in [-0.2, -0.15) is 0 Å². The van der Waals surface area contributed by atoms with E-state index in [2.05, 4.69) is 25.7 Å². The zero-order valence-corrected chi connectivity index (χ0v) is 9.04. The van der Waals surface area contributed by atoms with Crippen molar-refractivity contribution in [2.24, 2.45) is 0 Å². The molecule has 72 valence electrons. The Morgan fingerprint density at radius 1 is 1.42 bits per heavy atom. The number of rotatable bonds is 3. The summed E-state index contributed by atoms with van der Waals surface area (Å²) >= 11 is 0. The second-order valence-electron chi connectivity index (χ2n) is 3.50. The van der Waals surface area contributed by atoms with Gasteiger partial charge in [0.2, 0.25) is 0 Å². The van der Waals surface area contributed by atoms with E-state index in [9.17, 15) is 0 Å². The van der Waals surface area contributed by atoms with Gasteiger partial charge in [0.15, 0.2) is 0 Å². The van der Waals surface area contributed by atoms with Crippen molar-refractivity contribution in [3.05, 3.63) is 12.3 Å². The molecule has 0 spiro atoms. The molecule has 1 N–H and O–H groups in total. The third-order valence-electron chi connectivity index (χ3n) is 2.36. The van der Waals surface area contributed by atoms with Crippen molar-refractivity contribution in [3.8, 4) is 0 Å². The molecule has 1 rings (SSSR count). The molecule has 1 aliphatic carbocycles. The first-order valence-corrected chi connectivity index (χ1v) is 5.12. The maximum absolute atomic E-state index is 3.93. The Hall–Kier alpha value is -0.460. The Kier molecular flexibility index (Phi) is 5.03. The van der Waals surface area contributed by atoms with Gasteiger partial charge in [-0.15, -0.1) is 0 Å². The van der Waals surface area contributed by atoms with Crippen LogP contribution >= 0.6 is 0 Å². The molecule has 0 aliphatic heterocycles. The fraction of sp³-hybridized carbons (Fsp3) is 0.818. The number of hydrogen-bond donors (Lipinski definition) is 1. The summed E-state index contributed by atoms with van der Waals surface area (Å²) in [7, 11) is 0. The lowest BCUT2D eigenvalue weighted by molar-refractivity contribution is 0.226. The van der Waals surface area contributed by atoms with Crippen molar-refractivity contribution >= 4 is 0 Å². The van der Waals surface area contributed by atoms with Gasteiger partial charge >= 0.3 is 0 Å². The van der Waals surface area contributed by atoms with E-state index < -0.39 is 0 Å². The minimum atomic E-state index is 0.396. The average molecular weight is 169 g/mol. The zero-order chi connectivity index (χ0) is 9.61. The normalized spacial score (nSPS) is 18.3. The Balaban J connectivity index is 0.000000561. The smallest absolute Gasteiger partial charge is 0.0342 e. The Morgan fingerprint density at radius 3 is 2.17 bits per heavy atom. The van der Waals surface area contributed by atoms with E-state index >= 15 is 0 Å². The van der Waals surface area contributed by atoms with Gasteiger partial charge < -0.3 is 5.32 Å². The SMILES string of the molecule is C=C(CC)NC1(C)CCC1.CC. The van der Waals surface area contributed by atoms with E-state index in [1.165, 1.54) is 25.0 Å². The van der Waals surface area contributed by atoms with Crippen molar-refractivity contribution < 1.29 is 0 Å². The molecule has 1 saturated carbocycles. The Morgan fingerprint density at radius 2 is 1.92 bits per heavy atom. The van der Waals surface area contributed by atoms with Crippen LogP contribution in [0.3, 0.4) is 0 Å². The minimum Gasteiger partial charge on any atom is -0.384 e. The molecule has 0 unspecified atom stereocenters. The summed E-state index contributed by atoms with van der Waals surface area (Å²) in [5.74, 6) is 0. The molecule has 0 amide bonds. The van der Waals surface area contributed by atoms with Crippen molar-refractivity contribution in [1.29, 1.82) is 0 Å². The molecule has 1 nitrogen and oxygen atoms in total. The molecule has 0 bridgehead atoms. The van der Waals surface area contributed by atoms with Crippen LogP contribution in [0.1, 0.15) is 53.4 Å². The van der Waals surface area contributed by atoms with Crippen molar-refractivity contribution in [2.45, 2.75) is 58.9 Å². The van der Waals surface area contributed by atoms with Crippen molar-refractivity contribution in [3.63, 3.8) is 0 Å². The highest BCUT2D eigenvalue weighted by Crippen LogP contribution is 2.31. The number of nitrogens with one attached hydrogen (secondary N) is 1. The van der Waals surface area contributed by atoms with Crippen LogP contribution in [0.15, 0.2) is 12.3 Å². The van der Waals surface area contributed by atoms with Crippen LogP contribution in [0.5, 0.6) is 0 Å². The monoisotopic (exact) mass is 169 g/mol. The van der Waals surface area contributed by atoms with Crippen molar-refractivity contribution in [1.82, 2.24) is 5.32 Å². The van der Waals surface area contributed by atoms with Crippen LogP contribution in [0.25, 0.3) is 0 Å². The highest BCUT2D eigenvalue weighted by molar-refractivity contribution is 5.02. The van der Waals surface area contributed by atoms with Crippen LogP contribution in [-0.4, -0.2) is 5.54 Å². The predicted molar refractivity (Wildman–Crippen MR) is 56.2 cm³/mol. The highest BCUT2D eigenvalue weighted by atomic mass is 15.0. The summed E-state index contributed by atoms with van der Waals surface area (Å²) in [6.07, 6.45) is 5.05. The highest BCUT2D eigenvalue weighted by Gasteiger charge is 2.31. The van der Waals surface area contributed by atoms with Crippen molar-refractivity contribution in [2.75, 3.05) is 0 Å². The molecule has 1 fully saturated rings. The largest absolute Gasteiger partial charge is 0.384 e. The fourth-order valence-corrected chi connectivity index (χ4v) is 1.35. The van der Waals surface area contributed by atoms with Gasteiger partial charge in [-0.3, -0.25) is 0 Å². The minimum absolute atomic E-state index is 0.396. The van der Waals surface area contributed by atoms with Crippen LogP contribution in [0, 0.1) is 0 Å². The first kappa shape index (κ1) is 11.5. The summed E-state index contributed by atoms with van der Waals surface area (Å²) < 4.78 is 0. The summed E-state index contributed by atoms with van der Waals surface area (Å²) in [6.45, 7) is 12.3. The first-order valence-electron chi connectivity index (χ1n) is 5.12. The molecule has 1 heteroatoms. The molecule has 0 atom stereocenters. The summed E-state index contributed by atoms with van der Waals surface area (Å²) in [5.41, 5.74) is 1.58. The van der Waals surface area contributed by atoms with E-state index in [0.29, 0.717) is 5.54 Å². The first-order chi connectivity index (χ1) is 5.66. The van der Waals surface area contributed by atoms with E-state index in [1.807, 2.05) is 13.8 Å². The average Bonchev–Trinajstić information content (AvgIpc) is 2.05. The summed E-state index contributed by atoms with van der Waals surface area (Å²) in [6, 6.07) is 0. The lowest BCUT2D eigenvalue weighted by Gasteiger charge is -2.40. The second-order valence-corrected chi connectivity index (χ2v) is 3.50. The Bertz CT molecular complexity index is 134. The van der Waals surface area contributed by atoms with Gasteiger partial charge in [-0.1, -0.05) is 27.4 Å². The number of hydrogen-bond acceptors (Lipinski definition) is 1. The standard InChI is InChI=1S/C9H17N.C2H6/c1-4-8(2)10-9(3)6-5-7-9;1-2/h10H,2,4-7H2,1,3H3;1-2H3. The van der Waals surface area contributed by atoms with Gasteiger partial charge in [0.05, 0.1) is 0 Å². The topological polar surface area (TPSA) is 12.0 Å². The zero-order valence-electron chi connectivity index (χ0n) is 9.04. The molecule has 0 aromatic rings. The van der Waals surface area contributed by atoms with Crippen LogP contribution < -0.4 is 5.32 Å². The molecule has 0 saturated heterocycles. The fourth-order valence-electron chi connectivity index (χ4n) is 1.35. The molecular formula is C11H23N. The molecule has 1 aliphatic rings. The van der Waals surface area contributed by atoms with E-state index in [4.69, 9.17) is 0 Å². The molecule has 0 heterocycles. The van der Waals surface area contributed by atoms with E-state index in [-0.39, 0.29) is 0 Å². The van der Waals surface area contributed by atoms with Crippen LogP contribution in [0.2, 0.25) is 0 Å². The van der Waals surface area contributed by atoms with E-state index in [0.717, 1.165) is 6.42 Å². The lowest BCUT2D eigenvalue weighted by atomic mass is 9.78. The van der Waals surface area contributed by atoms with Gasteiger partial charge in [0.25, 0.3) is 0 Å². The molecule has 0 aromatic heterocycles. The summed E-state index contributed by atoms with van der Waals surface area (Å²) in [4.78, 5) is 0. The van der Waals surface area contributed by atoms with Gasteiger partial charge in [-0.25, -0.2) is 0 Å². The molecule has 12 heavy (non-hydrogen) atoms.